The summed E-state index contributed by atoms with van der Waals surface area (Å²) in [6.07, 6.45) is 2.67. The lowest BCUT2D eigenvalue weighted by molar-refractivity contribution is 0.102. The monoisotopic (exact) mass is 320 g/mol. The van der Waals surface area contributed by atoms with Crippen LogP contribution >= 0.6 is 0 Å². The van der Waals surface area contributed by atoms with Crippen molar-refractivity contribution in [2.24, 2.45) is 0 Å². The highest BCUT2D eigenvalue weighted by Gasteiger charge is 2.15. The summed E-state index contributed by atoms with van der Waals surface area (Å²) < 4.78 is 28.1. The molecule has 1 aromatic heterocycles. The third kappa shape index (κ3) is 3.43. The number of nitrogens with one attached hydrogen (secondary N) is 1. The van der Waals surface area contributed by atoms with E-state index in [0.717, 1.165) is 6.26 Å². The van der Waals surface area contributed by atoms with Crippen LogP contribution in [-0.4, -0.2) is 32.7 Å². The first-order chi connectivity index (χ1) is 10.3. The number of sulfone groups is 1. The second-order valence-electron chi connectivity index (χ2n) is 4.76. The Morgan fingerprint density at radius 3 is 2.59 bits per heavy atom. The quantitative estimate of drug-likeness (QED) is 0.932. The maximum absolute atomic E-state index is 12.3. The number of pyridine rings is 1. The molecule has 0 saturated heterocycles. The van der Waals surface area contributed by atoms with Gasteiger partial charge in [-0.25, -0.2) is 13.4 Å². The lowest BCUT2D eigenvalue weighted by Gasteiger charge is -2.11. The van der Waals surface area contributed by atoms with Gasteiger partial charge in [0.2, 0.25) is 5.88 Å². The van der Waals surface area contributed by atoms with Gasteiger partial charge in [-0.2, -0.15) is 0 Å². The van der Waals surface area contributed by atoms with Gasteiger partial charge in [-0.05, 0) is 42.8 Å². The molecule has 6 nitrogen and oxygen atoms in total. The van der Waals surface area contributed by atoms with E-state index in [1.165, 1.54) is 25.4 Å². The summed E-state index contributed by atoms with van der Waals surface area (Å²) in [5, 5.41) is 2.73. The van der Waals surface area contributed by atoms with Crippen LogP contribution in [0.4, 0.5) is 5.69 Å². The number of methoxy groups -OCH3 is 1. The van der Waals surface area contributed by atoms with Gasteiger partial charge in [-0.3, -0.25) is 4.79 Å². The van der Waals surface area contributed by atoms with Crippen molar-refractivity contribution in [1.82, 2.24) is 4.98 Å². The Bertz CT molecular complexity index is 816. The first kappa shape index (κ1) is 16.0. The molecule has 0 spiro atoms. The van der Waals surface area contributed by atoms with E-state index in [9.17, 15) is 13.2 Å². The second kappa shape index (κ2) is 6.15. The van der Waals surface area contributed by atoms with Crippen LogP contribution in [0.5, 0.6) is 5.88 Å². The summed E-state index contributed by atoms with van der Waals surface area (Å²) in [6, 6.07) is 7.77. The highest BCUT2D eigenvalue weighted by molar-refractivity contribution is 7.90. The van der Waals surface area contributed by atoms with Crippen LogP contribution in [0.1, 0.15) is 15.9 Å². The fourth-order valence-corrected chi connectivity index (χ4v) is 2.63. The number of benzene rings is 1. The summed E-state index contributed by atoms with van der Waals surface area (Å²) in [5.41, 5.74) is 1.49. The predicted molar refractivity (Wildman–Crippen MR) is 83.0 cm³/mol. The summed E-state index contributed by atoms with van der Waals surface area (Å²) in [6.45, 7) is 1.73. The number of aryl methyl sites for hydroxylation is 1. The zero-order valence-corrected chi connectivity index (χ0v) is 13.3. The molecule has 0 bridgehead atoms. The molecule has 2 rings (SSSR count). The van der Waals surface area contributed by atoms with Crippen molar-refractivity contribution in [2.75, 3.05) is 18.7 Å². The number of rotatable bonds is 4. The van der Waals surface area contributed by atoms with Crippen molar-refractivity contribution in [2.45, 2.75) is 11.8 Å². The number of amides is 1. The molecule has 1 heterocycles. The van der Waals surface area contributed by atoms with Crippen LogP contribution in [0.3, 0.4) is 0 Å². The van der Waals surface area contributed by atoms with Crippen molar-refractivity contribution in [1.29, 1.82) is 0 Å². The number of carbonyl (C=O) groups excluding carboxylic acids is 1. The number of ether oxygens (including phenoxy) is 1. The fraction of sp³-hybridized carbons (Fsp3) is 0.200. The van der Waals surface area contributed by atoms with E-state index in [-0.39, 0.29) is 16.7 Å². The molecule has 116 valence electrons. The van der Waals surface area contributed by atoms with Gasteiger partial charge in [0.15, 0.2) is 9.84 Å². The Hall–Kier alpha value is -2.41. The standard InChI is InChI=1S/C15H16N2O4S/c1-10-9-11(22(3,19)20)6-7-13(10)17-14(18)12-5-4-8-16-15(12)21-2/h4-9H,1-3H3,(H,17,18). The molecule has 0 atom stereocenters. The molecule has 1 aromatic carbocycles. The number of hydrogen-bond acceptors (Lipinski definition) is 5. The van der Waals surface area contributed by atoms with Crippen LogP contribution in [0.25, 0.3) is 0 Å². The van der Waals surface area contributed by atoms with Gasteiger partial charge in [0, 0.05) is 18.1 Å². The lowest BCUT2D eigenvalue weighted by atomic mass is 10.2. The zero-order valence-electron chi connectivity index (χ0n) is 12.5. The maximum Gasteiger partial charge on any atom is 0.261 e. The summed E-state index contributed by atoms with van der Waals surface area (Å²) >= 11 is 0. The Morgan fingerprint density at radius 1 is 1.27 bits per heavy atom. The van der Waals surface area contributed by atoms with Gasteiger partial charge in [0.1, 0.15) is 5.56 Å². The Labute approximate surface area is 129 Å². The molecule has 22 heavy (non-hydrogen) atoms. The molecule has 0 aliphatic rings. The van der Waals surface area contributed by atoms with Gasteiger partial charge >= 0.3 is 0 Å². The van der Waals surface area contributed by atoms with Crippen LogP contribution in [0.15, 0.2) is 41.4 Å². The molecule has 0 aliphatic heterocycles. The van der Waals surface area contributed by atoms with Crippen LogP contribution in [0, 0.1) is 6.92 Å². The number of hydrogen-bond donors (Lipinski definition) is 1. The van der Waals surface area contributed by atoms with Crippen molar-refractivity contribution < 1.29 is 17.9 Å². The fourth-order valence-electron chi connectivity index (χ4n) is 1.92. The molecule has 0 aliphatic carbocycles. The molecule has 2 aromatic rings. The molecule has 1 N–H and O–H groups in total. The van der Waals surface area contributed by atoms with Crippen LogP contribution in [-0.2, 0) is 9.84 Å². The smallest absolute Gasteiger partial charge is 0.261 e. The number of nitrogens with zero attached hydrogens (tertiary/aromatic N) is 1. The third-order valence-electron chi connectivity index (χ3n) is 3.08. The highest BCUT2D eigenvalue weighted by Crippen LogP contribution is 2.22. The van der Waals surface area contributed by atoms with E-state index >= 15 is 0 Å². The first-order valence-corrected chi connectivity index (χ1v) is 8.33. The minimum Gasteiger partial charge on any atom is -0.480 e. The van der Waals surface area contributed by atoms with Gasteiger partial charge in [-0.1, -0.05) is 0 Å². The second-order valence-corrected chi connectivity index (χ2v) is 6.78. The Kier molecular flexibility index (Phi) is 4.46. The predicted octanol–water partition coefficient (Wildman–Crippen LogP) is 2.05. The van der Waals surface area contributed by atoms with Crippen molar-refractivity contribution in [3.63, 3.8) is 0 Å². The van der Waals surface area contributed by atoms with Crippen molar-refractivity contribution in [3.05, 3.63) is 47.7 Å². The molecule has 7 heteroatoms. The summed E-state index contributed by atoms with van der Waals surface area (Å²) in [5.74, 6) is -0.148. The average Bonchev–Trinajstić information content (AvgIpc) is 2.48. The van der Waals surface area contributed by atoms with E-state index in [1.54, 1.807) is 25.1 Å². The average molecular weight is 320 g/mol. The van der Waals surface area contributed by atoms with Crippen LogP contribution < -0.4 is 10.1 Å². The van der Waals surface area contributed by atoms with Crippen molar-refractivity contribution >= 4 is 21.4 Å². The minimum absolute atomic E-state index is 0.210. The molecule has 0 unspecified atom stereocenters. The van der Waals surface area contributed by atoms with Crippen LogP contribution in [0.2, 0.25) is 0 Å². The molecule has 0 saturated carbocycles. The Balaban J connectivity index is 2.29. The maximum atomic E-state index is 12.3. The number of carbonyl (C=O) groups is 1. The third-order valence-corrected chi connectivity index (χ3v) is 4.19. The van der Waals surface area contributed by atoms with E-state index in [2.05, 4.69) is 10.3 Å². The molecular formula is C15H16N2O4S. The molecule has 0 fully saturated rings. The minimum atomic E-state index is -3.28. The van der Waals surface area contributed by atoms with Gasteiger partial charge < -0.3 is 10.1 Å². The SMILES string of the molecule is COc1ncccc1C(=O)Nc1ccc(S(C)(=O)=O)cc1C. The zero-order chi connectivity index (χ0) is 16.3. The summed E-state index contributed by atoms with van der Waals surface area (Å²) in [4.78, 5) is 16.5. The van der Waals surface area contributed by atoms with E-state index in [0.29, 0.717) is 16.8 Å². The molecular weight excluding hydrogens is 304 g/mol. The largest absolute Gasteiger partial charge is 0.480 e. The van der Waals surface area contributed by atoms with Gasteiger partial charge in [-0.15, -0.1) is 0 Å². The Morgan fingerprint density at radius 2 is 2.00 bits per heavy atom. The van der Waals surface area contributed by atoms with E-state index in [4.69, 9.17) is 4.74 Å². The summed E-state index contributed by atoms with van der Waals surface area (Å²) in [7, 11) is -1.84. The number of anilines is 1. The van der Waals surface area contributed by atoms with E-state index < -0.39 is 9.84 Å². The highest BCUT2D eigenvalue weighted by atomic mass is 32.2. The van der Waals surface area contributed by atoms with Gasteiger partial charge in [0.05, 0.1) is 12.0 Å². The number of aromatic nitrogens is 1. The van der Waals surface area contributed by atoms with E-state index in [1.807, 2.05) is 0 Å². The van der Waals surface area contributed by atoms with Gasteiger partial charge in [0.25, 0.3) is 5.91 Å². The molecule has 1 amide bonds. The first-order valence-electron chi connectivity index (χ1n) is 6.44. The van der Waals surface area contributed by atoms with Crippen molar-refractivity contribution in [3.8, 4) is 5.88 Å². The molecule has 0 radical (unpaired) electrons. The normalized spacial score (nSPS) is 11.0. The topological polar surface area (TPSA) is 85.4 Å². The lowest BCUT2D eigenvalue weighted by Crippen LogP contribution is -2.14.